The molecule has 0 aromatic heterocycles. The minimum absolute atomic E-state index is 0.402. The maximum absolute atomic E-state index is 5.74. The number of hydrogen-bond acceptors (Lipinski definition) is 3. The lowest BCUT2D eigenvalue weighted by atomic mass is 10.0. The van der Waals surface area contributed by atoms with Crippen molar-refractivity contribution in [1.29, 1.82) is 0 Å². The van der Waals surface area contributed by atoms with Crippen molar-refractivity contribution in [3.63, 3.8) is 0 Å². The third-order valence-electron chi connectivity index (χ3n) is 2.96. The van der Waals surface area contributed by atoms with Gasteiger partial charge >= 0.3 is 0 Å². The average Bonchev–Trinajstić information content (AvgIpc) is 2.15. The molecule has 1 heterocycles. The number of thioether (sulfide) groups is 1. The fraction of sp³-hybridized carbons (Fsp3) is 1.00. The molecule has 1 saturated heterocycles. The van der Waals surface area contributed by atoms with E-state index >= 15 is 0 Å². The Kier molecular flexibility index (Phi) is 4.74. The largest absolute Gasteiger partial charge is 0.376 e. The van der Waals surface area contributed by atoms with Crippen LogP contribution in [-0.4, -0.2) is 48.8 Å². The van der Waals surface area contributed by atoms with Crippen molar-refractivity contribution in [3.05, 3.63) is 0 Å². The Morgan fingerprint density at radius 1 is 1.50 bits per heavy atom. The molecule has 84 valence electrons. The molecule has 1 unspecified atom stereocenters. The highest BCUT2D eigenvalue weighted by atomic mass is 32.2. The van der Waals surface area contributed by atoms with Gasteiger partial charge in [0.25, 0.3) is 0 Å². The summed E-state index contributed by atoms with van der Waals surface area (Å²) in [6.45, 7) is 7.71. The Bertz CT molecular complexity index is 173. The van der Waals surface area contributed by atoms with E-state index in [4.69, 9.17) is 4.74 Å². The number of likely N-dealkylation sites (N-methyl/N-ethyl adjacent to an activating group) is 1. The summed E-state index contributed by atoms with van der Waals surface area (Å²) in [5.41, 5.74) is 0. The minimum Gasteiger partial charge on any atom is -0.376 e. The van der Waals surface area contributed by atoms with Crippen LogP contribution in [0.4, 0.5) is 0 Å². The predicted octanol–water partition coefficient (Wildman–Crippen LogP) is 2.24. The summed E-state index contributed by atoms with van der Waals surface area (Å²) in [5, 5.41) is 0. The van der Waals surface area contributed by atoms with Gasteiger partial charge in [-0.15, -0.1) is 0 Å². The Labute approximate surface area is 92.4 Å². The van der Waals surface area contributed by atoms with E-state index in [1.807, 2.05) is 11.8 Å². The van der Waals surface area contributed by atoms with Crippen LogP contribution in [0, 0.1) is 0 Å². The molecule has 0 radical (unpaired) electrons. The van der Waals surface area contributed by atoms with E-state index in [0.717, 1.165) is 19.7 Å². The zero-order chi connectivity index (χ0) is 10.6. The van der Waals surface area contributed by atoms with Gasteiger partial charge < -0.3 is 9.64 Å². The third-order valence-corrected chi connectivity index (χ3v) is 4.27. The van der Waals surface area contributed by atoms with Crippen LogP contribution in [0.1, 0.15) is 26.7 Å². The highest BCUT2D eigenvalue weighted by Crippen LogP contribution is 2.28. The van der Waals surface area contributed by atoms with Gasteiger partial charge in [-0.25, -0.2) is 0 Å². The van der Waals surface area contributed by atoms with Crippen molar-refractivity contribution in [1.82, 2.24) is 4.90 Å². The number of hydrogen-bond donors (Lipinski definition) is 0. The third kappa shape index (κ3) is 4.20. The van der Waals surface area contributed by atoms with Gasteiger partial charge in [-0.05, 0) is 26.1 Å². The maximum atomic E-state index is 5.74. The molecule has 3 heteroatoms. The number of rotatable bonds is 4. The molecule has 0 bridgehead atoms. The summed E-state index contributed by atoms with van der Waals surface area (Å²) < 4.78 is 6.14. The molecule has 0 saturated carbocycles. The van der Waals surface area contributed by atoms with Crippen LogP contribution < -0.4 is 0 Å². The lowest BCUT2D eigenvalue weighted by Gasteiger charge is -2.32. The van der Waals surface area contributed by atoms with Gasteiger partial charge in [-0.2, -0.15) is 11.8 Å². The van der Waals surface area contributed by atoms with E-state index in [1.54, 1.807) is 0 Å². The van der Waals surface area contributed by atoms with E-state index in [9.17, 15) is 0 Å². The molecule has 0 aromatic rings. The smallest absolute Gasteiger partial charge is 0.0703 e. The first-order chi connectivity index (χ1) is 6.53. The number of nitrogens with zero attached hydrogens (tertiary/aromatic N) is 1. The number of ether oxygens (including phenoxy) is 1. The minimum atomic E-state index is 0.402. The molecule has 2 nitrogen and oxygen atoms in total. The van der Waals surface area contributed by atoms with Crippen molar-refractivity contribution in [2.24, 2.45) is 0 Å². The van der Waals surface area contributed by atoms with Gasteiger partial charge in [0.05, 0.1) is 12.7 Å². The van der Waals surface area contributed by atoms with Crippen LogP contribution in [0.5, 0.6) is 0 Å². The van der Waals surface area contributed by atoms with E-state index in [0.29, 0.717) is 10.9 Å². The van der Waals surface area contributed by atoms with Gasteiger partial charge in [-0.3, -0.25) is 0 Å². The lowest BCUT2D eigenvalue weighted by Crippen LogP contribution is -2.40. The molecule has 1 rings (SSSR count). The quantitative estimate of drug-likeness (QED) is 0.716. The van der Waals surface area contributed by atoms with Crippen LogP contribution >= 0.6 is 11.8 Å². The first kappa shape index (κ1) is 12.3. The van der Waals surface area contributed by atoms with Gasteiger partial charge in [-0.1, -0.05) is 13.8 Å². The van der Waals surface area contributed by atoms with Gasteiger partial charge in [0.1, 0.15) is 0 Å². The van der Waals surface area contributed by atoms with Crippen LogP contribution in [0.3, 0.4) is 0 Å². The molecule has 0 aliphatic carbocycles. The Morgan fingerprint density at radius 3 is 2.79 bits per heavy atom. The highest BCUT2D eigenvalue weighted by Gasteiger charge is 2.22. The summed E-state index contributed by atoms with van der Waals surface area (Å²) in [7, 11) is 2.18. The van der Waals surface area contributed by atoms with Crippen molar-refractivity contribution in [2.45, 2.75) is 37.5 Å². The molecular weight excluding hydrogens is 194 g/mol. The summed E-state index contributed by atoms with van der Waals surface area (Å²) in [6, 6.07) is 0. The van der Waals surface area contributed by atoms with Crippen molar-refractivity contribution in [2.75, 3.05) is 33.0 Å². The molecule has 14 heavy (non-hydrogen) atoms. The SMILES string of the molecule is CSC(C)(C)CCC1CN(C)CCO1. The van der Waals surface area contributed by atoms with Crippen molar-refractivity contribution >= 4 is 11.8 Å². The summed E-state index contributed by atoms with van der Waals surface area (Å²) in [4.78, 5) is 2.36. The second-order valence-electron chi connectivity index (χ2n) is 4.76. The highest BCUT2D eigenvalue weighted by molar-refractivity contribution is 7.99. The molecule has 1 aliphatic rings. The average molecular weight is 217 g/mol. The van der Waals surface area contributed by atoms with E-state index in [2.05, 4.69) is 32.1 Å². The normalized spacial score (nSPS) is 25.3. The van der Waals surface area contributed by atoms with E-state index in [-0.39, 0.29) is 0 Å². The topological polar surface area (TPSA) is 12.5 Å². The second-order valence-corrected chi connectivity index (χ2v) is 6.27. The molecular formula is C11H23NOS. The van der Waals surface area contributed by atoms with Crippen molar-refractivity contribution in [3.8, 4) is 0 Å². The maximum Gasteiger partial charge on any atom is 0.0703 e. The fourth-order valence-electron chi connectivity index (χ4n) is 1.65. The Morgan fingerprint density at radius 2 is 2.21 bits per heavy atom. The predicted molar refractivity (Wildman–Crippen MR) is 64.1 cm³/mol. The molecule has 0 aromatic carbocycles. The molecule has 1 aliphatic heterocycles. The molecule has 0 amide bonds. The molecule has 1 fully saturated rings. The lowest BCUT2D eigenvalue weighted by molar-refractivity contribution is -0.0248. The van der Waals surface area contributed by atoms with E-state index < -0.39 is 0 Å². The Balaban J connectivity index is 2.23. The summed E-state index contributed by atoms with van der Waals surface area (Å²) in [5.74, 6) is 0. The first-order valence-electron chi connectivity index (χ1n) is 5.39. The second kappa shape index (κ2) is 5.38. The van der Waals surface area contributed by atoms with Gasteiger partial charge in [0.15, 0.2) is 0 Å². The number of morpholine rings is 1. The van der Waals surface area contributed by atoms with Crippen LogP contribution in [-0.2, 0) is 4.74 Å². The zero-order valence-electron chi connectivity index (χ0n) is 9.88. The molecule has 0 N–H and O–H groups in total. The fourth-order valence-corrected chi connectivity index (χ4v) is 1.97. The van der Waals surface area contributed by atoms with Gasteiger partial charge in [0.2, 0.25) is 0 Å². The first-order valence-corrected chi connectivity index (χ1v) is 6.61. The zero-order valence-corrected chi connectivity index (χ0v) is 10.7. The van der Waals surface area contributed by atoms with Gasteiger partial charge in [0, 0.05) is 17.8 Å². The van der Waals surface area contributed by atoms with Crippen molar-refractivity contribution < 1.29 is 4.74 Å². The van der Waals surface area contributed by atoms with Crippen LogP contribution in [0.2, 0.25) is 0 Å². The van der Waals surface area contributed by atoms with Crippen LogP contribution in [0.15, 0.2) is 0 Å². The standard InChI is InChI=1S/C11H23NOS/c1-11(2,14-4)6-5-10-9-12(3)7-8-13-10/h10H,5-9H2,1-4H3. The van der Waals surface area contributed by atoms with Crippen LogP contribution in [0.25, 0.3) is 0 Å². The molecule has 0 spiro atoms. The monoisotopic (exact) mass is 217 g/mol. The summed E-state index contributed by atoms with van der Waals surface area (Å²) in [6.07, 6.45) is 5.08. The Hall–Kier alpha value is 0.270. The summed E-state index contributed by atoms with van der Waals surface area (Å²) >= 11 is 1.95. The van der Waals surface area contributed by atoms with E-state index in [1.165, 1.54) is 12.8 Å². The molecule has 1 atom stereocenters.